The average molecular weight is 374 g/mol. The molecule has 0 fully saturated rings. The largest absolute Gasteiger partial charge is 0.486 e. The third kappa shape index (κ3) is 3.42. The number of halogens is 1. The number of nitrogens with zero attached hydrogens (tertiary/aromatic N) is 2. The van der Waals surface area contributed by atoms with Crippen LogP contribution in [0.3, 0.4) is 0 Å². The third-order valence-corrected chi connectivity index (χ3v) is 4.52. The summed E-state index contributed by atoms with van der Waals surface area (Å²) in [6.07, 6.45) is 1.49. The molecule has 8 heteroatoms. The van der Waals surface area contributed by atoms with E-state index < -0.39 is 0 Å². The number of pyridine rings is 1. The molecule has 1 aromatic carbocycles. The van der Waals surface area contributed by atoms with Crippen LogP contribution in [-0.4, -0.2) is 29.1 Å². The molecule has 0 saturated carbocycles. The fourth-order valence-corrected chi connectivity index (χ4v) is 3.27. The van der Waals surface area contributed by atoms with Crippen LogP contribution < -0.4 is 14.8 Å². The molecule has 0 atom stereocenters. The Labute approximate surface area is 152 Å². The second-order valence-electron chi connectivity index (χ2n) is 5.22. The molecule has 1 aliphatic rings. The number of thiazole rings is 1. The number of fused-ring (bicyclic) bond motifs is 1. The van der Waals surface area contributed by atoms with Gasteiger partial charge in [0.25, 0.3) is 5.91 Å². The summed E-state index contributed by atoms with van der Waals surface area (Å²) >= 11 is 7.15. The smallest absolute Gasteiger partial charge is 0.257 e. The standard InChI is InChI=1S/C17H12ClN3O3S/c18-15-8-11(3-4-19-15)16(22)21-17-20-12(9-25-17)10-1-2-13-14(7-10)24-6-5-23-13/h1-4,7-9H,5-6H2,(H,20,21,22). The van der Waals surface area contributed by atoms with Crippen molar-refractivity contribution in [2.24, 2.45) is 0 Å². The number of hydrogen-bond acceptors (Lipinski definition) is 6. The topological polar surface area (TPSA) is 73.3 Å². The maximum Gasteiger partial charge on any atom is 0.257 e. The monoisotopic (exact) mass is 373 g/mol. The molecule has 1 N–H and O–H groups in total. The predicted octanol–water partition coefficient (Wildman–Crippen LogP) is 3.88. The van der Waals surface area contributed by atoms with E-state index in [0.717, 1.165) is 17.0 Å². The van der Waals surface area contributed by atoms with Gasteiger partial charge in [-0.3, -0.25) is 10.1 Å². The van der Waals surface area contributed by atoms with Gasteiger partial charge in [-0.2, -0.15) is 0 Å². The minimum absolute atomic E-state index is 0.267. The molecule has 0 bridgehead atoms. The number of benzene rings is 1. The lowest BCUT2D eigenvalue weighted by Gasteiger charge is -2.18. The number of carbonyl (C=O) groups excluding carboxylic acids is 1. The van der Waals surface area contributed by atoms with E-state index in [1.165, 1.54) is 23.6 Å². The van der Waals surface area contributed by atoms with E-state index in [2.05, 4.69) is 15.3 Å². The average Bonchev–Trinajstić information content (AvgIpc) is 3.10. The normalized spacial score (nSPS) is 12.7. The van der Waals surface area contributed by atoms with Crippen molar-refractivity contribution < 1.29 is 14.3 Å². The van der Waals surface area contributed by atoms with Gasteiger partial charge in [0, 0.05) is 22.7 Å². The number of amides is 1. The van der Waals surface area contributed by atoms with E-state index in [4.69, 9.17) is 21.1 Å². The summed E-state index contributed by atoms with van der Waals surface area (Å²) in [4.78, 5) is 20.6. The van der Waals surface area contributed by atoms with Gasteiger partial charge >= 0.3 is 0 Å². The SMILES string of the molecule is O=C(Nc1nc(-c2ccc3c(c2)OCCO3)cs1)c1ccnc(Cl)c1. The maximum atomic E-state index is 12.2. The summed E-state index contributed by atoms with van der Waals surface area (Å²) in [5.74, 6) is 1.15. The van der Waals surface area contributed by atoms with Crippen LogP contribution in [0.25, 0.3) is 11.3 Å². The van der Waals surface area contributed by atoms with E-state index >= 15 is 0 Å². The van der Waals surface area contributed by atoms with Crippen LogP contribution in [0.1, 0.15) is 10.4 Å². The second kappa shape index (κ2) is 6.70. The Bertz CT molecular complexity index is 944. The Morgan fingerprint density at radius 1 is 1.16 bits per heavy atom. The van der Waals surface area contributed by atoms with Crippen molar-refractivity contribution in [1.82, 2.24) is 9.97 Å². The molecule has 126 valence electrons. The molecule has 0 spiro atoms. The molecule has 4 rings (SSSR count). The third-order valence-electron chi connectivity index (χ3n) is 3.55. The number of ether oxygens (including phenoxy) is 2. The van der Waals surface area contributed by atoms with Gasteiger partial charge in [0.05, 0.1) is 5.69 Å². The highest BCUT2D eigenvalue weighted by Gasteiger charge is 2.15. The Hall–Kier alpha value is -2.64. The molecular formula is C17H12ClN3O3S. The van der Waals surface area contributed by atoms with Crippen molar-refractivity contribution >= 4 is 34.0 Å². The zero-order valence-electron chi connectivity index (χ0n) is 12.9. The molecular weight excluding hydrogens is 362 g/mol. The second-order valence-corrected chi connectivity index (χ2v) is 6.46. The van der Waals surface area contributed by atoms with Crippen molar-refractivity contribution in [3.63, 3.8) is 0 Å². The van der Waals surface area contributed by atoms with E-state index in [1.807, 2.05) is 23.6 Å². The quantitative estimate of drug-likeness (QED) is 0.705. The summed E-state index contributed by atoms with van der Waals surface area (Å²) in [7, 11) is 0. The minimum atomic E-state index is -0.285. The lowest BCUT2D eigenvalue weighted by Crippen LogP contribution is -2.15. The molecule has 25 heavy (non-hydrogen) atoms. The molecule has 0 unspecified atom stereocenters. The Morgan fingerprint density at radius 3 is 2.84 bits per heavy atom. The van der Waals surface area contributed by atoms with Gasteiger partial charge in [-0.25, -0.2) is 9.97 Å². The van der Waals surface area contributed by atoms with Crippen molar-refractivity contribution in [3.05, 3.63) is 52.6 Å². The minimum Gasteiger partial charge on any atom is -0.486 e. The Morgan fingerprint density at radius 2 is 2.00 bits per heavy atom. The Kier molecular flexibility index (Phi) is 4.25. The van der Waals surface area contributed by atoms with Crippen LogP contribution in [0, 0.1) is 0 Å². The van der Waals surface area contributed by atoms with Crippen molar-refractivity contribution in [2.45, 2.75) is 0 Å². The summed E-state index contributed by atoms with van der Waals surface area (Å²) in [6.45, 7) is 1.08. The van der Waals surface area contributed by atoms with Crippen LogP contribution in [0.2, 0.25) is 5.15 Å². The van der Waals surface area contributed by atoms with E-state index in [1.54, 1.807) is 6.07 Å². The first-order chi connectivity index (χ1) is 12.2. The van der Waals surface area contributed by atoms with Crippen LogP contribution in [0.15, 0.2) is 41.9 Å². The molecule has 0 saturated heterocycles. The van der Waals surface area contributed by atoms with Gasteiger partial charge in [0.1, 0.15) is 18.4 Å². The van der Waals surface area contributed by atoms with Crippen LogP contribution >= 0.6 is 22.9 Å². The predicted molar refractivity (Wildman–Crippen MR) is 95.7 cm³/mol. The van der Waals surface area contributed by atoms with Crippen molar-refractivity contribution in [3.8, 4) is 22.8 Å². The first kappa shape index (κ1) is 15.9. The van der Waals surface area contributed by atoms with Gasteiger partial charge in [-0.15, -0.1) is 11.3 Å². The van der Waals surface area contributed by atoms with Gasteiger partial charge in [0.2, 0.25) is 0 Å². The van der Waals surface area contributed by atoms with Crippen molar-refractivity contribution in [2.75, 3.05) is 18.5 Å². The lowest BCUT2D eigenvalue weighted by molar-refractivity contribution is 0.102. The first-order valence-corrected chi connectivity index (χ1v) is 8.73. The maximum absolute atomic E-state index is 12.2. The molecule has 0 radical (unpaired) electrons. The highest BCUT2D eigenvalue weighted by Crippen LogP contribution is 2.35. The van der Waals surface area contributed by atoms with Gasteiger partial charge in [0.15, 0.2) is 16.6 Å². The zero-order valence-corrected chi connectivity index (χ0v) is 14.4. The molecule has 6 nitrogen and oxygen atoms in total. The molecule has 2 aromatic heterocycles. The summed E-state index contributed by atoms with van der Waals surface area (Å²) in [5.41, 5.74) is 2.08. The number of carbonyl (C=O) groups is 1. The number of nitrogens with one attached hydrogen (secondary N) is 1. The van der Waals surface area contributed by atoms with E-state index in [-0.39, 0.29) is 11.1 Å². The lowest BCUT2D eigenvalue weighted by atomic mass is 10.1. The van der Waals surface area contributed by atoms with E-state index in [0.29, 0.717) is 29.7 Å². The Balaban J connectivity index is 1.53. The number of aromatic nitrogens is 2. The van der Waals surface area contributed by atoms with Gasteiger partial charge < -0.3 is 9.47 Å². The number of rotatable bonds is 3. The van der Waals surface area contributed by atoms with Gasteiger partial charge in [-0.05, 0) is 30.3 Å². The summed E-state index contributed by atoms with van der Waals surface area (Å²) in [5, 5.41) is 5.41. The summed E-state index contributed by atoms with van der Waals surface area (Å²) in [6, 6.07) is 8.76. The molecule has 1 amide bonds. The van der Waals surface area contributed by atoms with Crippen LogP contribution in [0.4, 0.5) is 5.13 Å². The molecule has 0 aliphatic carbocycles. The van der Waals surface area contributed by atoms with Crippen LogP contribution in [-0.2, 0) is 0 Å². The fourth-order valence-electron chi connectivity index (χ4n) is 2.38. The van der Waals surface area contributed by atoms with E-state index in [9.17, 15) is 4.79 Å². The first-order valence-electron chi connectivity index (χ1n) is 7.47. The molecule has 3 heterocycles. The summed E-state index contributed by atoms with van der Waals surface area (Å²) < 4.78 is 11.1. The zero-order chi connectivity index (χ0) is 17.2. The van der Waals surface area contributed by atoms with Gasteiger partial charge in [-0.1, -0.05) is 11.6 Å². The molecule has 1 aliphatic heterocycles. The molecule has 3 aromatic rings. The highest BCUT2D eigenvalue weighted by atomic mass is 35.5. The number of hydrogen-bond donors (Lipinski definition) is 1. The highest BCUT2D eigenvalue weighted by molar-refractivity contribution is 7.14. The van der Waals surface area contributed by atoms with Crippen LogP contribution in [0.5, 0.6) is 11.5 Å². The number of anilines is 1. The fraction of sp³-hybridized carbons (Fsp3) is 0.118. The van der Waals surface area contributed by atoms with Crippen molar-refractivity contribution in [1.29, 1.82) is 0 Å².